The van der Waals surface area contributed by atoms with Crippen LogP contribution in [-0.4, -0.2) is 33.5 Å². The number of aliphatic hydroxyl groups is 1. The number of rotatable bonds is 8. The average molecular weight is 329 g/mol. The molecule has 10 heteroatoms. The second kappa shape index (κ2) is 7.93. The summed E-state index contributed by atoms with van der Waals surface area (Å²) in [7, 11) is -3.97. The van der Waals surface area contributed by atoms with Crippen molar-refractivity contribution in [1.82, 2.24) is 0 Å². The van der Waals surface area contributed by atoms with Gasteiger partial charge in [-0.15, -0.1) is 0 Å². The van der Waals surface area contributed by atoms with Crippen molar-refractivity contribution in [3.05, 3.63) is 45.5 Å². The van der Waals surface area contributed by atoms with E-state index in [0.29, 0.717) is 0 Å². The Bertz CT molecular complexity index is 616. The Morgan fingerprint density at radius 2 is 1.86 bits per heavy atom. The molecule has 0 spiro atoms. The zero-order chi connectivity index (χ0) is 16.8. The highest BCUT2D eigenvalue weighted by Gasteiger charge is 2.45. The van der Waals surface area contributed by atoms with E-state index in [9.17, 15) is 19.8 Å². The molecule has 0 amide bonds. The van der Waals surface area contributed by atoms with Gasteiger partial charge in [0.25, 0.3) is 5.69 Å². The van der Waals surface area contributed by atoms with Crippen LogP contribution in [0.5, 0.6) is 0 Å². The summed E-state index contributed by atoms with van der Waals surface area (Å²) in [4.78, 5) is 12.9. The minimum Gasteiger partial charge on any atom is -0.376 e. The third-order valence-corrected chi connectivity index (χ3v) is 4.74. The summed E-state index contributed by atoms with van der Waals surface area (Å²) in [6, 6.07) is 4.85. The average Bonchev–Trinajstić information content (AvgIpc) is 2.48. The molecule has 0 aliphatic heterocycles. The summed E-state index contributed by atoms with van der Waals surface area (Å²) in [5.41, 5.74) is 8.48. The van der Waals surface area contributed by atoms with Crippen LogP contribution in [0.2, 0.25) is 0 Å². The molecule has 0 aliphatic carbocycles. The van der Waals surface area contributed by atoms with Crippen LogP contribution in [0.15, 0.2) is 24.3 Å². The largest absolute Gasteiger partial charge is 0.441 e. The van der Waals surface area contributed by atoms with Crippen molar-refractivity contribution in [2.75, 3.05) is 13.2 Å². The molecule has 0 saturated heterocycles. The lowest BCUT2D eigenvalue weighted by molar-refractivity contribution is -0.384. The summed E-state index contributed by atoms with van der Waals surface area (Å²) < 4.78 is 22.5. The van der Waals surface area contributed by atoms with E-state index in [0.717, 1.165) is 0 Å². The van der Waals surface area contributed by atoms with E-state index < -0.39 is 24.1 Å². The van der Waals surface area contributed by atoms with Crippen molar-refractivity contribution in [2.45, 2.75) is 20.0 Å². The predicted octanol–water partition coefficient (Wildman–Crippen LogP) is 2.52. The van der Waals surface area contributed by atoms with Crippen LogP contribution in [0.25, 0.3) is 5.53 Å². The molecule has 0 radical (unpaired) electrons. The molecule has 0 aliphatic rings. The van der Waals surface area contributed by atoms with Gasteiger partial charge in [-0.25, -0.2) is 4.57 Å². The van der Waals surface area contributed by atoms with Crippen LogP contribution in [0.3, 0.4) is 0 Å². The molecule has 1 N–H and O–H groups in total. The highest BCUT2D eigenvalue weighted by molar-refractivity contribution is 7.72. The van der Waals surface area contributed by atoms with Gasteiger partial charge in [0.15, 0.2) is 6.10 Å². The van der Waals surface area contributed by atoms with E-state index in [-0.39, 0.29) is 24.5 Å². The van der Waals surface area contributed by atoms with Crippen molar-refractivity contribution in [3.8, 4) is 0 Å². The maximum Gasteiger partial charge on any atom is 0.441 e. The van der Waals surface area contributed by atoms with E-state index in [1.54, 1.807) is 13.8 Å². The molecule has 0 fully saturated rings. The van der Waals surface area contributed by atoms with Gasteiger partial charge in [0.05, 0.1) is 18.1 Å². The van der Waals surface area contributed by atoms with Gasteiger partial charge >= 0.3 is 13.0 Å². The predicted molar refractivity (Wildman–Crippen MR) is 77.5 cm³/mol. The van der Waals surface area contributed by atoms with Gasteiger partial charge in [0.1, 0.15) is 0 Å². The van der Waals surface area contributed by atoms with Gasteiger partial charge < -0.3 is 19.7 Å². The lowest BCUT2D eigenvalue weighted by Gasteiger charge is -2.15. The number of nitro benzene ring substituents is 1. The van der Waals surface area contributed by atoms with Gasteiger partial charge in [-0.1, -0.05) is 0 Å². The molecule has 0 aromatic heterocycles. The van der Waals surface area contributed by atoms with Crippen molar-refractivity contribution in [2.24, 2.45) is 0 Å². The van der Waals surface area contributed by atoms with Gasteiger partial charge in [-0.3, -0.25) is 10.1 Å². The zero-order valence-electron chi connectivity index (χ0n) is 12.1. The minimum absolute atomic E-state index is 0.0171. The van der Waals surface area contributed by atoms with Crippen molar-refractivity contribution < 1.29 is 28.4 Å². The molecule has 120 valence electrons. The topological polar surface area (TPSA) is 135 Å². The van der Waals surface area contributed by atoms with E-state index >= 15 is 0 Å². The Morgan fingerprint density at radius 3 is 2.23 bits per heavy atom. The molecule has 0 saturated carbocycles. The molecule has 1 atom stereocenters. The van der Waals surface area contributed by atoms with Gasteiger partial charge in [-0.05, 0) is 31.5 Å². The van der Waals surface area contributed by atoms with Crippen LogP contribution in [0, 0.1) is 10.1 Å². The fourth-order valence-corrected chi connectivity index (χ4v) is 3.27. The molecule has 1 rings (SSSR count). The number of hydrogen-bond acceptors (Lipinski definition) is 6. The number of hydrogen-bond donors (Lipinski definition) is 1. The highest BCUT2D eigenvalue weighted by Crippen LogP contribution is 2.52. The third-order valence-electron chi connectivity index (χ3n) is 2.65. The van der Waals surface area contributed by atoms with E-state index in [1.807, 2.05) is 0 Å². The molecule has 1 unspecified atom stereocenters. The first-order valence-corrected chi connectivity index (χ1v) is 7.97. The fourth-order valence-electron chi connectivity index (χ4n) is 1.70. The molecule has 9 nitrogen and oxygen atoms in total. The SMILES string of the molecule is CCOP(=O)(OCC)C(=[N+]=[N-])C(O)c1ccc([N+](=O)[O-])cc1. The number of benzene rings is 1. The number of nitrogens with zero attached hydrogens (tertiary/aromatic N) is 3. The maximum atomic E-state index is 12.5. The number of non-ortho nitro benzene ring substituents is 1. The van der Waals surface area contributed by atoms with E-state index in [4.69, 9.17) is 14.6 Å². The zero-order valence-corrected chi connectivity index (χ0v) is 13.0. The monoisotopic (exact) mass is 329 g/mol. The van der Waals surface area contributed by atoms with Crippen LogP contribution >= 0.6 is 7.60 Å². The molecular formula is C12H16N3O6P. The Morgan fingerprint density at radius 1 is 1.36 bits per heavy atom. The third kappa shape index (κ3) is 4.07. The Hall–Kier alpha value is -1.89. The molecule has 0 heterocycles. The first-order valence-electron chi connectivity index (χ1n) is 6.43. The first kappa shape index (κ1) is 18.2. The molecular weight excluding hydrogens is 313 g/mol. The fraction of sp³-hybridized carbons (Fsp3) is 0.417. The van der Waals surface area contributed by atoms with Crippen LogP contribution in [-0.2, 0) is 13.6 Å². The molecule has 22 heavy (non-hydrogen) atoms. The Balaban J connectivity index is 3.16. The second-order valence-electron chi connectivity index (χ2n) is 4.04. The van der Waals surface area contributed by atoms with Crippen LogP contribution in [0.4, 0.5) is 5.69 Å². The summed E-state index contributed by atoms with van der Waals surface area (Å²) in [6.45, 7) is 3.17. The molecule has 1 aromatic rings. The molecule has 0 bridgehead atoms. The van der Waals surface area contributed by atoms with Crippen molar-refractivity contribution in [1.29, 1.82) is 0 Å². The van der Waals surface area contributed by atoms with Gasteiger partial charge in [0, 0.05) is 12.1 Å². The second-order valence-corrected chi connectivity index (χ2v) is 6.01. The normalized spacial score (nSPS) is 12.5. The quantitative estimate of drug-likeness (QED) is 0.194. The van der Waals surface area contributed by atoms with Gasteiger partial charge in [-0.2, -0.15) is 4.79 Å². The summed E-state index contributed by atoms with van der Waals surface area (Å²) in [5.74, 6) is 0. The lowest BCUT2D eigenvalue weighted by atomic mass is 10.1. The van der Waals surface area contributed by atoms with Crippen LogP contribution < -0.4 is 0 Å². The van der Waals surface area contributed by atoms with E-state index in [2.05, 4.69) is 4.79 Å². The summed E-state index contributed by atoms with van der Waals surface area (Å²) in [6.07, 6.45) is -1.59. The van der Waals surface area contributed by atoms with Crippen molar-refractivity contribution in [3.63, 3.8) is 0 Å². The molecule has 1 aromatic carbocycles. The lowest BCUT2D eigenvalue weighted by Crippen LogP contribution is -2.17. The van der Waals surface area contributed by atoms with Gasteiger partial charge in [0.2, 0.25) is 0 Å². The summed E-state index contributed by atoms with van der Waals surface area (Å²) >= 11 is 0. The Kier molecular flexibility index (Phi) is 6.55. The number of aliphatic hydroxyl groups excluding tert-OH is 1. The standard InChI is InChI=1S/C12H16N3O6P/c1-3-20-22(19,21-4-2)12(14-13)11(16)9-5-7-10(8-6-9)15(17)18/h5-8,11,16H,3-4H2,1-2H3. The summed E-state index contributed by atoms with van der Waals surface area (Å²) in [5, 5.41) is 20.8. The smallest absolute Gasteiger partial charge is 0.376 e. The Labute approximate surface area is 126 Å². The first-order chi connectivity index (χ1) is 10.4. The van der Waals surface area contributed by atoms with E-state index in [1.165, 1.54) is 24.3 Å². The van der Waals surface area contributed by atoms with Crippen molar-refractivity contribution >= 4 is 18.7 Å². The minimum atomic E-state index is -3.97. The number of nitro groups is 1. The maximum absolute atomic E-state index is 12.5. The highest BCUT2D eigenvalue weighted by atomic mass is 31.2. The van der Waals surface area contributed by atoms with Crippen LogP contribution in [0.1, 0.15) is 25.5 Å².